The van der Waals surface area contributed by atoms with Gasteiger partial charge in [0.2, 0.25) is 0 Å². The predicted molar refractivity (Wildman–Crippen MR) is 69.6 cm³/mol. The van der Waals surface area contributed by atoms with Gasteiger partial charge in [0.25, 0.3) is 0 Å². The molecule has 0 radical (unpaired) electrons. The molecule has 1 aromatic rings. The molecule has 0 spiro atoms. The van der Waals surface area contributed by atoms with E-state index >= 15 is 0 Å². The van der Waals surface area contributed by atoms with E-state index in [1.54, 1.807) is 6.20 Å². The third-order valence-corrected chi connectivity index (χ3v) is 3.12. The summed E-state index contributed by atoms with van der Waals surface area (Å²) in [4.78, 5) is 15.9. The number of rotatable bonds is 3. The zero-order valence-corrected chi connectivity index (χ0v) is 10.8. The van der Waals surface area contributed by atoms with Gasteiger partial charge in [-0.2, -0.15) is 0 Å². The maximum absolute atomic E-state index is 11.8. The van der Waals surface area contributed by atoms with Crippen LogP contribution in [0.3, 0.4) is 0 Å². The fraction of sp³-hybridized carbons (Fsp3) is 0.538. The Hall–Kier alpha value is -1.62. The van der Waals surface area contributed by atoms with E-state index in [4.69, 9.17) is 4.74 Å². The fourth-order valence-corrected chi connectivity index (χ4v) is 2.06. The summed E-state index contributed by atoms with van der Waals surface area (Å²) in [5, 5.41) is 5.63. The molecule has 5 heteroatoms. The standard InChI is InChI=1S/C13H19N3O2/c1-9-5-3-7-14-12(9)16-13(17)15-10(2)11-6-4-8-18-11/h3,5,7,10-11H,4,6,8H2,1-2H3,(H2,14,15,16,17)/t10-,11-/m1/s1. The molecule has 2 amide bonds. The Bertz CT molecular complexity index is 416. The molecule has 5 nitrogen and oxygen atoms in total. The normalized spacial score (nSPS) is 20.4. The van der Waals surface area contributed by atoms with Crippen molar-refractivity contribution in [3.05, 3.63) is 23.9 Å². The second-order valence-electron chi connectivity index (χ2n) is 4.61. The van der Waals surface area contributed by atoms with Crippen LogP contribution in [0.25, 0.3) is 0 Å². The number of anilines is 1. The largest absolute Gasteiger partial charge is 0.376 e. The van der Waals surface area contributed by atoms with Gasteiger partial charge in [0, 0.05) is 12.8 Å². The van der Waals surface area contributed by atoms with E-state index < -0.39 is 0 Å². The number of carbonyl (C=O) groups excluding carboxylic acids is 1. The number of ether oxygens (including phenoxy) is 1. The molecule has 1 aromatic heterocycles. The lowest BCUT2D eigenvalue weighted by Crippen LogP contribution is -2.43. The van der Waals surface area contributed by atoms with Crippen molar-refractivity contribution >= 4 is 11.8 Å². The minimum absolute atomic E-state index is 0.0107. The first-order valence-corrected chi connectivity index (χ1v) is 6.27. The van der Waals surface area contributed by atoms with Gasteiger partial charge >= 0.3 is 6.03 Å². The lowest BCUT2D eigenvalue weighted by molar-refractivity contribution is 0.0868. The molecule has 1 fully saturated rings. The quantitative estimate of drug-likeness (QED) is 0.862. The molecule has 0 unspecified atom stereocenters. The predicted octanol–water partition coefficient (Wildman–Crippen LogP) is 2.08. The highest BCUT2D eigenvalue weighted by Gasteiger charge is 2.23. The van der Waals surface area contributed by atoms with Crippen LogP contribution in [0, 0.1) is 6.92 Å². The summed E-state index contributed by atoms with van der Waals surface area (Å²) in [5.74, 6) is 0.592. The van der Waals surface area contributed by atoms with E-state index in [1.165, 1.54) is 0 Å². The maximum atomic E-state index is 11.8. The SMILES string of the molecule is Cc1cccnc1NC(=O)N[C@H](C)[C@H]1CCCO1. The summed E-state index contributed by atoms with van der Waals surface area (Å²) in [5.41, 5.74) is 0.942. The van der Waals surface area contributed by atoms with Crippen LogP contribution < -0.4 is 10.6 Å². The van der Waals surface area contributed by atoms with Gasteiger partial charge in [0.1, 0.15) is 5.82 Å². The number of nitrogens with one attached hydrogen (secondary N) is 2. The molecule has 2 N–H and O–H groups in total. The van der Waals surface area contributed by atoms with Crippen LogP contribution in [-0.4, -0.2) is 29.8 Å². The fourth-order valence-electron chi connectivity index (χ4n) is 2.06. The lowest BCUT2D eigenvalue weighted by Gasteiger charge is -2.20. The molecule has 2 atom stereocenters. The zero-order valence-electron chi connectivity index (χ0n) is 10.8. The molecule has 0 bridgehead atoms. The number of hydrogen-bond acceptors (Lipinski definition) is 3. The first-order valence-electron chi connectivity index (χ1n) is 6.27. The molecule has 1 aliphatic heterocycles. The molecular weight excluding hydrogens is 230 g/mol. The highest BCUT2D eigenvalue weighted by atomic mass is 16.5. The van der Waals surface area contributed by atoms with Gasteiger partial charge in [-0.05, 0) is 38.3 Å². The van der Waals surface area contributed by atoms with Gasteiger partial charge in [-0.25, -0.2) is 9.78 Å². The molecule has 0 aliphatic carbocycles. The second-order valence-corrected chi connectivity index (χ2v) is 4.61. The maximum Gasteiger partial charge on any atom is 0.320 e. The summed E-state index contributed by atoms with van der Waals surface area (Å²) < 4.78 is 5.53. The lowest BCUT2D eigenvalue weighted by atomic mass is 10.1. The van der Waals surface area contributed by atoms with E-state index in [-0.39, 0.29) is 18.2 Å². The van der Waals surface area contributed by atoms with Gasteiger partial charge in [0.15, 0.2) is 0 Å². The Labute approximate surface area is 107 Å². The minimum atomic E-state index is -0.236. The summed E-state index contributed by atoms with van der Waals surface area (Å²) in [7, 11) is 0. The smallest absolute Gasteiger partial charge is 0.320 e. The summed E-state index contributed by atoms with van der Waals surface area (Å²) in [6, 6.07) is 3.52. The number of carbonyl (C=O) groups is 1. The van der Waals surface area contributed by atoms with Gasteiger partial charge in [-0.1, -0.05) is 6.07 Å². The molecule has 98 valence electrons. The first-order chi connectivity index (χ1) is 8.66. The van der Waals surface area contributed by atoms with Gasteiger partial charge in [-0.3, -0.25) is 5.32 Å². The minimum Gasteiger partial charge on any atom is -0.376 e. The topological polar surface area (TPSA) is 63.2 Å². The highest BCUT2D eigenvalue weighted by Crippen LogP contribution is 2.15. The monoisotopic (exact) mass is 249 g/mol. The van der Waals surface area contributed by atoms with Crippen molar-refractivity contribution in [2.24, 2.45) is 0 Å². The Balaban J connectivity index is 1.86. The van der Waals surface area contributed by atoms with E-state index in [1.807, 2.05) is 26.0 Å². The Morgan fingerprint density at radius 1 is 1.61 bits per heavy atom. The van der Waals surface area contributed by atoms with Crippen molar-refractivity contribution in [3.8, 4) is 0 Å². The molecule has 18 heavy (non-hydrogen) atoms. The molecular formula is C13H19N3O2. The number of urea groups is 1. The molecule has 0 aromatic carbocycles. The summed E-state index contributed by atoms with van der Waals surface area (Å²) in [6.45, 7) is 4.66. The van der Waals surface area contributed by atoms with Crippen LogP contribution in [0.4, 0.5) is 10.6 Å². The number of aryl methyl sites for hydroxylation is 1. The van der Waals surface area contributed by atoms with Crippen molar-refractivity contribution in [2.45, 2.75) is 38.8 Å². The van der Waals surface area contributed by atoms with Crippen molar-refractivity contribution in [3.63, 3.8) is 0 Å². The van der Waals surface area contributed by atoms with Crippen LogP contribution in [0.1, 0.15) is 25.3 Å². The highest BCUT2D eigenvalue weighted by molar-refractivity contribution is 5.89. The summed E-state index contributed by atoms with van der Waals surface area (Å²) >= 11 is 0. The number of nitrogens with zero attached hydrogens (tertiary/aromatic N) is 1. The number of amides is 2. The molecule has 1 saturated heterocycles. The number of aromatic nitrogens is 1. The average Bonchev–Trinajstić information content (AvgIpc) is 2.85. The van der Waals surface area contributed by atoms with Crippen LogP contribution in [0.5, 0.6) is 0 Å². The Kier molecular flexibility index (Phi) is 4.15. The average molecular weight is 249 g/mol. The van der Waals surface area contributed by atoms with Crippen LogP contribution in [0.2, 0.25) is 0 Å². The van der Waals surface area contributed by atoms with E-state index in [9.17, 15) is 4.79 Å². The van der Waals surface area contributed by atoms with E-state index in [0.29, 0.717) is 5.82 Å². The van der Waals surface area contributed by atoms with Gasteiger partial charge < -0.3 is 10.1 Å². The van der Waals surface area contributed by atoms with Crippen LogP contribution >= 0.6 is 0 Å². The molecule has 1 aliphatic rings. The molecule has 2 rings (SSSR count). The van der Waals surface area contributed by atoms with Crippen molar-refractivity contribution in [1.82, 2.24) is 10.3 Å². The van der Waals surface area contributed by atoms with Gasteiger partial charge in [-0.15, -0.1) is 0 Å². The van der Waals surface area contributed by atoms with Crippen LogP contribution in [-0.2, 0) is 4.74 Å². The zero-order chi connectivity index (χ0) is 13.0. The van der Waals surface area contributed by atoms with Crippen molar-refractivity contribution in [1.29, 1.82) is 0 Å². The molecule has 2 heterocycles. The summed E-state index contributed by atoms with van der Waals surface area (Å²) in [6.07, 6.45) is 3.86. The Morgan fingerprint density at radius 3 is 3.11 bits per heavy atom. The first kappa shape index (κ1) is 12.8. The van der Waals surface area contributed by atoms with E-state index in [2.05, 4.69) is 15.6 Å². The second kappa shape index (κ2) is 5.82. The van der Waals surface area contributed by atoms with E-state index in [0.717, 1.165) is 25.0 Å². The third kappa shape index (κ3) is 3.20. The number of hydrogen-bond donors (Lipinski definition) is 2. The number of pyridine rings is 1. The third-order valence-electron chi connectivity index (χ3n) is 3.12. The van der Waals surface area contributed by atoms with Crippen molar-refractivity contribution in [2.75, 3.05) is 11.9 Å². The molecule has 0 saturated carbocycles. The van der Waals surface area contributed by atoms with Crippen molar-refractivity contribution < 1.29 is 9.53 Å². The van der Waals surface area contributed by atoms with Gasteiger partial charge in [0.05, 0.1) is 12.1 Å². The Morgan fingerprint density at radius 2 is 2.44 bits per heavy atom. The van der Waals surface area contributed by atoms with Crippen LogP contribution in [0.15, 0.2) is 18.3 Å².